The van der Waals surface area contributed by atoms with E-state index in [0.29, 0.717) is 12.1 Å². The summed E-state index contributed by atoms with van der Waals surface area (Å²) in [6, 6.07) is 23.4. The number of hydrogen-bond acceptors (Lipinski definition) is 5. The third kappa shape index (κ3) is 4.95. The first kappa shape index (κ1) is 22.5. The number of anilines is 3. The van der Waals surface area contributed by atoms with Gasteiger partial charge in [-0.2, -0.15) is 0 Å². The van der Waals surface area contributed by atoms with Gasteiger partial charge in [0.05, 0.1) is 24.5 Å². The average molecular weight is 474 g/mol. The van der Waals surface area contributed by atoms with Crippen LogP contribution in [-0.2, 0) is 16.0 Å². The quantitative estimate of drug-likeness (QED) is 0.536. The number of rotatable bonds is 6. The van der Waals surface area contributed by atoms with Crippen molar-refractivity contribution in [3.8, 4) is 0 Å². The van der Waals surface area contributed by atoms with E-state index in [1.54, 1.807) is 6.07 Å². The van der Waals surface area contributed by atoms with Gasteiger partial charge in [0.15, 0.2) is 0 Å². The first-order valence-electron chi connectivity index (χ1n) is 11.5. The predicted molar refractivity (Wildman–Crippen MR) is 137 cm³/mol. The fourth-order valence-electron chi connectivity index (χ4n) is 4.37. The third-order valence-electron chi connectivity index (χ3n) is 6.17. The maximum Gasteiger partial charge on any atom is 0.256 e. The molecule has 1 fully saturated rings. The van der Waals surface area contributed by atoms with E-state index in [4.69, 9.17) is 4.74 Å². The number of hydrogen-bond donors (Lipinski definition) is 1. The molecule has 3 aromatic rings. The maximum atomic E-state index is 13.0. The summed E-state index contributed by atoms with van der Waals surface area (Å²) >= 11 is 1.41. The van der Waals surface area contributed by atoms with Crippen molar-refractivity contribution in [1.29, 1.82) is 0 Å². The van der Waals surface area contributed by atoms with Crippen LogP contribution in [-0.4, -0.2) is 50.4 Å². The molecule has 0 atom stereocenters. The number of nitrogens with one attached hydrogen (secondary N) is 1. The van der Waals surface area contributed by atoms with Gasteiger partial charge in [0.2, 0.25) is 5.91 Å². The normalized spacial score (nSPS) is 15.2. The maximum absolute atomic E-state index is 13.0. The molecule has 3 aromatic carbocycles. The molecule has 174 valence electrons. The van der Waals surface area contributed by atoms with Crippen LogP contribution < -0.4 is 15.1 Å². The van der Waals surface area contributed by atoms with Crippen molar-refractivity contribution in [2.45, 2.75) is 11.3 Å². The predicted octanol–water partition coefficient (Wildman–Crippen LogP) is 4.46. The van der Waals surface area contributed by atoms with Gasteiger partial charge in [0.1, 0.15) is 0 Å². The summed E-state index contributed by atoms with van der Waals surface area (Å²) in [4.78, 5) is 30.9. The summed E-state index contributed by atoms with van der Waals surface area (Å²) < 4.78 is 5.41. The van der Waals surface area contributed by atoms with Gasteiger partial charge in [0, 0.05) is 41.6 Å². The Bertz CT molecular complexity index is 1180. The molecule has 0 radical (unpaired) electrons. The highest BCUT2D eigenvalue weighted by atomic mass is 32.2. The van der Waals surface area contributed by atoms with Gasteiger partial charge in [-0.3, -0.25) is 9.59 Å². The Morgan fingerprint density at radius 3 is 2.44 bits per heavy atom. The Kier molecular flexibility index (Phi) is 6.83. The molecule has 0 aromatic heterocycles. The van der Waals surface area contributed by atoms with Crippen LogP contribution in [0.3, 0.4) is 0 Å². The first-order chi connectivity index (χ1) is 16.7. The molecule has 2 aliphatic rings. The number of fused-ring (bicyclic) bond motifs is 1. The van der Waals surface area contributed by atoms with Crippen molar-refractivity contribution in [1.82, 2.24) is 0 Å². The van der Waals surface area contributed by atoms with E-state index in [0.717, 1.165) is 54.7 Å². The van der Waals surface area contributed by atoms with Crippen molar-refractivity contribution >= 4 is 40.6 Å². The van der Waals surface area contributed by atoms with Gasteiger partial charge in [-0.05, 0) is 54.4 Å². The minimum atomic E-state index is -0.179. The molecular weight excluding hydrogens is 446 g/mol. The number of carbonyl (C=O) groups excluding carboxylic acids is 2. The van der Waals surface area contributed by atoms with Crippen LogP contribution >= 0.6 is 11.8 Å². The molecule has 1 N–H and O–H groups in total. The zero-order valence-electron chi connectivity index (χ0n) is 18.9. The number of benzene rings is 3. The Morgan fingerprint density at radius 2 is 1.62 bits per heavy atom. The molecule has 34 heavy (non-hydrogen) atoms. The van der Waals surface area contributed by atoms with E-state index in [1.165, 1.54) is 17.3 Å². The molecule has 5 rings (SSSR count). The Labute approximate surface area is 203 Å². The third-order valence-corrected chi connectivity index (χ3v) is 7.23. The largest absolute Gasteiger partial charge is 0.378 e. The Morgan fingerprint density at radius 1 is 0.882 bits per heavy atom. The Hall–Kier alpha value is -3.29. The monoisotopic (exact) mass is 473 g/mol. The lowest BCUT2D eigenvalue weighted by Crippen LogP contribution is -2.36. The molecule has 1 saturated heterocycles. The highest BCUT2D eigenvalue weighted by molar-refractivity contribution is 8.00. The van der Waals surface area contributed by atoms with Crippen LogP contribution in [0.15, 0.2) is 77.7 Å². The number of thioether (sulfide) groups is 1. The first-order valence-corrected chi connectivity index (χ1v) is 12.5. The van der Waals surface area contributed by atoms with E-state index < -0.39 is 0 Å². The van der Waals surface area contributed by atoms with Crippen LogP contribution in [0.1, 0.15) is 15.9 Å². The number of carbonyl (C=O) groups is 2. The van der Waals surface area contributed by atoms with Crippen LogP contribution in [0, 0.1) is 0 Å². The smallest absolute Gasteiger partial charge is 0.256 e. The number of morpholine rings is 1. The minimum absolute atomic E-state index is 0.0591. The molecule has 6 nitrogen and oxygen atoms in total. The number of amides is 2. The van der Waals surface area contributed by atoms with Crippen molar-refractivity contribution in [2.75, 3.05) is 53.7 Å². The lowest BCUT2D eigenvalue weighted by molar-refractivity contribution is -0.116. The fraction of sp³-hybridized carbons (Fsp3) is 0.259. The number of nitrogens with zero attached hydrogens (tertiary/aromatic N) is 2. The van der Waals surface area contributed by atoms with Crippen molar-refractivity contribution in [2.24, 2.45) is 0 Å². The minimum Gasteiger partial charge on any atom is -0.378 e. The van der Waals surface area contributed by atoms with E-state index in [1.807, 2.05) is 65.6 Å². The average Bonchev–Trinajstić information content (AvgIpc) is 3.33. The summed E-state index contributed by atoms with van der Waals surface area (Å²) in [5.74, 6) is 0.164. The van der Waals surface area contributed by atoms with E-state index >= 15 is 0 Å². The molecule has 0 unspecified atom stereocenters. The van der Waals surface area contributed by atoms with E-state index in [-0.39, 0.29) is 17.6 Å². The van der Waals surface area contributed by atoms with Crippen molar-refractivity contribution in [3.05, 3.63) is 83.9 Å². The number of ether oxygens (including phenoxy) is 1. The van der Waals surface area contributed by atoms with E-state index in [9.17, 15) is 9.59 Å². The molecule has 2 amide bonds. The topological polar surface area (TPSA) is 61.9 Å². The zero-order valence-corrected chi connectivity index (χ0v) is 19.7. The molecule has 0 spiro atoms. The standard InChI is InChI=1S/C27H27N3O3S/c31-26(30-14-13-20-5-1-3-7-24(20)30)19-34-25-8-4-2-6-23(25)27(32)28-21-9-11-22(12-10-21)29-15-17-33-18-16-29/h1-12H,13-19H2,(H,28,32). The second kappa shape index (κ2) is 10.3. The zero-order chi connectivity index (χ0) is 23.3. The molecule has 0 saturated carbocycles. The van der Waals surface area contributed by atoms with Gasteiger partial charge in [-0.25, -0.2) is 0 Å². The molecular formula is C27H27N3O3S. The highest BCUT2D eigenvalue weighted by Crippen LogP contribution is 2.30. The lowest BCUT2D eigenvalue weighted by atomic mass is 10.2. The lowest BCUT2D eigenvalue weighted by Gasteiger charge is -2.28. The van der Waals surface area contributed by atoms with Gasteiger partial charge < -0.3 is 19.9 Å². The Balaban J connectivity index is 1.22. The number of para-hydroxylation sites is 1. The molecule has 2 aliphatic heterocycles. The van der Waals surface area contributed by atoms with Crippen LogP contribution in [0.5, 0.6) is 0 Å². The van der Waals surface area contributed by atoms with Crippen molar-refractivity contribution in [3.63, 3.8) is 0 Å². The SMILES string of the molecule is O=C(Nc1ccc(N2CCOCC2)cc1)c1ccccc1SCC(=O)N1CCc2ccccc21. The molecule has 0 aliphatic carbocycles. The summed E-state index contributed by atoms with van der Waals surface area (Å²) in [6.07, 6.45) is 0.885. The molecule has 2 heterocycles. The van der Waals surface area contributed by atoms with Gasteiger partial charge in [-0.15, -0.1) is 11.8 Å². The molecule has 0 bridgehead atoms. The van der Waals surface area contributed by atoms with Crippen molar-refractivity contribution < 1.29 is 14.3 Å². The summed E-state index contributed by atoms with van der Waals surface area (Å²) in [7, 11) is 0. The summed E-state index contributed by atoms with van der Waals surface area (Å²) in [5, 5.41) is 2.99. The van der Waals surface area contributed by atoms with Gasteiger partial charge >= 0.3 is 0 Å². The van der Waals surface area contributed by atoms with Crippen LogP contribution in [0.25, 0.3) is 0 Å². The summed E-state index contributed by atoms with van der Waals surface area (Å²) in [6.45, 7) is 3.93. The highest BCUT2D eigenvalue weighted by Gasteiger charge is 2.24. The van der Waals surface area contributed by atoms with E-state index in [2.05, 4.69) is 16.3 Å². The summed E-state index contributed by atoms with van der Waals surface area (Å²) in [5.41, 5.74) is 4.64. The van der Waals surface area contributed by atoms with Crippen LogP contribution in [0.2, 0.25) is 0 Å². The van der Waals surface area contributed by atoms with Crippen LogP contribution in [0.4, 0.5) is 17.1 Å². The fourth-order valence-corrected chi connectivity index (χ4v) is 5.30. The van der Waals surface area contributed by atoms with Gasteiger partial charge in [-0.1, -0.05) is 30.3 Å². The van der Waals surface area contributed by atoms with Gasteiger partial charge in [0.25, 0.3) is 5.91 Å². The second-order valence-corrected chi connectivity index (χ2v) is 9.33. The second-order valence-electron chi connectivity index (χ2n) is 8.31. The molecule has 7 heteroatoms.